The molecule has 0 bridgehead atoms. The van der Waals surface area contributed by atoms with Gasteiger partial charge in [-0.25, -0.2) is 4.39 Å². The summed E-state index contributed by atoms with van der Waals surface area (Å²) in [5, 5.41) is 9.17. The lowest BCUT2D eigenvalue weighted by atomic mass is 10.0. The first-order valence-electron chi connectivity index (χ1n) is 9.10. The van der Waals surface area contributed by atoms with E-state index in [1.54, 1.807) is 0 Å². The monoisotopic (exact) mass is 400 g/mol. The van der Waals surface area contributed by atoms with Crippen LogP contribution in [0.1, 0.15) is 10.4 Å². The Labute approximate surface area is 172 Å². The molecule has 0 amide bonds. The maximum absolute atomic E-state index is 13.0. The Bertz CT molecular complexity index is 1100. The number of rotatable bonds is 6. The first-order valence-corrected chi connectivity index (χ1v) is 10.1. The molecule has 29 heavy (non-hydrogen) atoms. The van der Waals surface area contributed by atoms with E-state index in [0.29, 0.717) is 10.6 Å². The summed E-state index contributed by atoms with van der Waals surface area (Å²) in [6.45, 7) is 0. The van der Waals surface area contributed by atoms with Crippen molar-refractivity contribution in [1.82, 2.24) is 10.2 Å². The second kappa shape index (κ2) is 8.80. The van der Waals surface area contributed by atoms with Crippen LogP contribution >= 0.6 is 11.8 Å². The van der Waals surface area contributed by atoms with E-state index in [-0.39, 0.29) is 17.4 Å². The summed E-state index contributed by atoms with van der Waals surface area (Å²) in [6.07, 6.45) is 0. The first kappa shape index (κ1) is 19.0. The summed E-state index contributed by atoms with van der Waals surface area (Å²) in [4.78, 5) is 12.2. The summed E-state index contributed by atoms with van der Waals surface area (Å²) >= 11 is 1.31. The van der Waals surface area contributed by atoms with Crippen molar-refractivity contribution in [1.29, 1.82) is 0 Å². The highest BCUT2D eigenvalue weighted by molar-refractivity contribution is 7.99. The third kappa shape index (κ3) is 4.76. The Balaban J connectivity index is 1.40. The summed E-state index contributed by atoms with van der Waals surface area (Å²) in [5.74, 6) is -0.198. The number of thioether (sulfide) groups is 1. The summed E-state index contributed by atoms with van der Waals surface area (Å²) < 4.78 is 13.0. The van der Waals surface area contributed by atoms with Crippen molar-refractivity contribution >= 4 is 17.5 Å². The van der Waals surface area contributed by atoms with Crippen molar-refractivity contribution in [2.24, 2.45) is 0 Å². The van der Waals surface area contributed by atoms with Crippen LogP contribution in [-0.4, -0.2) is 21.7 Å². The number of hydrogen-bond acceptors (Lipinski definition) is 4. The molecule has 0 aliphatic carbocycles. The highest BCUT2D eigenvalue weighted by Gasteiger charge is 2.08. The number of nitrogens with zero attached hydrogens (tertiary/aromatic N) is 2. The van der Waals surface area contributed by atoms with Gasteiger partial charge < -0.3 is 0 Å². The Kier molecular flexibility index (Phi) is 5.77. The van der Waals surface area contributed by atoms with Gasteiger partial charge in [0.25, 0.3) is 0 Å². The lowest BCUT2D eigenvalue weighted by molar-refractivity contribution is 0.102. The number of benzene rings is 3. The van der Waals surface area contributed by atoms with Gasteiger partial charge in [-0.15, -0.1) is 10.2 Å². The lowest BCUT2D eigenvalue weighted by Crippen LogP contribution is -2.02. The molecule has 0 atom stereocenters. The molecule has 0 saturated carbocycles. The number of carbonyl (C=O) groups is 1. The van der Waals surface area contributed by atoms with E-state index < -0.39 is 0 Å². The van der Waals surface area contributed by atoms with Crippen molar-refractivity contribution in [3.05, 3.63) is 102 Å². The van der Waals surface area contributed by atoms with Gasteiger partial charge in [0.05, 0.1) is 11.4 Å². The predicted octanol–water partition coefficient (Wildman–Crippen LogP) is 5.92. The second-order valence-electron chi connectivity index (χ2n) is 6.42. The summed E-state index contributed by atoms with van der Waals surface area (Å²) in [6, 6.07) is 27.7. The van der Waals surface area contributed by atoms with Gasteiger partial charge in [-0.1, -0.05) is 66.4 Å². The highest BCUT2D eigenvalue weighted by atomic mass is 32.2. The quantitative estimate of drug-likeness (QED) is 0.297. The molecule has 1 heterocycles. The van der Waals surface area contributed by atoms with Gasteiger partial charge in [0.1, 0.15) is 10.8 Å². The smallest absolute Gasteiger partial charge is 0.173 e. The van der Waals surface area contributed by atoms with Crippen LogP contribution in [0.15, 0.2) is 96.0 Å². The van der Waals surface area contributed by atoms with Crippen LogP contribution < -0.4 is 0 Å². The number of hydrogen-bond donors (Lipinski definition) is 0. The molecule has 4 rings (SSSR count). The average molecular weight is 400 g/mol. The zero-order valence-electron chi connectivity index (χ0n) is 15.5. The van der Waals surface area contributed by atoms with E-state index in [0.717, 1.165) is 16.8 Å². The molecule has 5 heteroatoms. The molecule has 0 N–H and O–H groups in total. The fourth-order valence-electron chi connectivity index (χ4n) is 2.87. The zero-order valence-corrected chi connectivity index (χ0v) is 16.3. The molecular weight excluding hydrogens is 383 g/mol. The molecule has 0 radical (unpaired) electrons. The topological polar surface area (TPSA) is 42.9 Å². The third-order valence-electron chi connectivity index (χ3n) is 4.45. The van der Waals surface area contributed by atoms with Crippen molar-refractivity contribution < 1.29 is 9.18 Å². The summed E-state index contributed by atoms with van der Waals surface area (Å²) in [7, 11) is 0. The highest BCUT2D eigenvalue weighted by Crippen LogP contribution is 2.24. The minimum atomic E-state index is -0.354. The number of ketones is 1. The van der Waals surface area contributed by atoms with Gasteiger partial charge in [0.2, 0.25) is 0 Å². The second-order valence-corrected chi connectivity index (χ2v) is 7.41. The molecule has 0 aliphatic rings. The maximum Gasteiger partial charge on any atom is 0.173 e. The van der Waals surface area contributed by atoms with Gasteiger partial charge in [0.15, 0.2) is 5.78 Å². The fraction of sp³-hybridized carbons (Fsp3) is 0.0417. The molecule has 3 aromatic carbocycles. The van der Waals surface area contributed by atoms with Gasteiger partial charge in [-0.05, 0) is 47.5 Å². The van der Waals surface area contributed by atoms with Crippen LogP contribution in [0.2, 0.25) is 0 Å². The Morgan fingerprint density at radius 3 is 2.03 bits per heavy atom. The van der Waals surface area contributed by atoms with Crippen molar-refractivity contribution in [2.75, 3.05) is 5.75 Å². The van der Waals surface area contributed by atoms with Gasteiger partial charge in [-0.2, -0.15) is 0 Å². The third-order valence-corrected chi connectivity index (χ3v) is 5.37. The first-order chi connectivity index (χ1) is 14.2. The molecule has 3 nitrogen and oxygen atoms in total. The van der Waals surface area contributed by atoms with Crippen LogP contribution in [0.4, 0.5) is 4.39 Å². The van der Waals surface area contributed by atoms with E-state index >= 15 is 0 Å². The molecular formula is C24H17FN2OS. The van der Waals surface area contributed by atoms with Crippen molar-refractivity contribution in [2.45, 2.75) is 5.03 Å². The standard InChI is InChI=1S/C24H17FN2OS/c25-21-12-10-20(11-13-21)23(28)16-29-24-15-14-22(26-27-24)19-8-6-18(7-9-19)17-4-2-1-3-5-17/h1-15H,16H2. The molecule has 0 unspecified atom stereocenters. The van der Waals surface area contributed by atoms with E-state index in [1.807, 2.05) is 42.5 Å². The Hall–Kier alpha value is -3.31. The van der Waals surface area contributed by atoms with E-state index in [2.05, 4.69) is 34.5 Å². The minimum Gasteiger partial charge on any atom is -0.293 e. The van der Waals surface area contributed by atoms with Crippen LogP contribution in [0.5, 0.6) is 0 Å². The normalized spacial score (nSPS) is 10.7. The summed E-state index contributed by atoms with van der Waals surface area (Å²) in [5.41, 5.74) is 4.56. The number of Topliss-reactive ketones (excluding diaryl/α,β-unsaturated/α-hetero) is 1. The molecule has 142 valence electrons. The molecule has 0 spiro atoms. The zero-order chi connectivity index (χ0) is 20.1. The molecule has 0 aliphatic heterocycles. The van der Waals surface area contributed by atoms with Crippen molar-refractivity contribution in [3.8, 4) is 22.4 Å². The van der Waals surface area contributed by atoms with E-state index in [4.69, 9.17) is 0 Å². The number of halogens is 1. The average Bonchev–Trinajstić information content (AvgIpc) is 2.79. The van der Waals surface area contributed by atoms with Crippen LogP contribution in [-0.2, 0) is 0 Å². The largest absolute Gasteiger partial charge is 0.293 e. The Morgan fingerprint density at radius 1 is 0.724 bits per heavy atom. The molecule has 4 aromatic rings. The minimum absolute atomic E-state index is 0.0719. The lowest BCUT2D eigenvalue weighted by Gasteiger charge is -2.05. The maximum atomic E-state index is 13.0. The fourth-order valence-corrected chi connectivity index (χ4v) is 3.58. The van der Waals surface area contributed by atoms with Crippen LogP contribution in [0.3, 0.4) is 0 Å². The van der Waals surface area contributed by atoms with E-state index in [1.165, 1.54) is 41.6 Å². The van der Waals surface area contributed by atoms with Crippen molar-refractivity contribution in [3.63, 3.8) is 0 Å². The van der Waals surface area contributed by atoms with Gasteiger partial charge in [0, 0.05) is 11.1 Å². The number of aromatic nitrogens is 2. The van der Waals surface area contributed by atoms with Crippen LogP contribution in [0.25, 0.3) is 22.4 Å². The molecule has 0 fully saturated rings. The molecule has 1 aromatic heterocycles. The Morgan fingerprint density at radius 2 is 1.38 bits per heavy atom. The SMILES string of the molecule is O=C(CSc1ccc(-c2ccc(-c3ccccc3)cc2)nn1)c1ccc(F)cc1. The van der Waals surface area contributed by atoms with Gasteiger partial charge >= 0.3 is 0 Å². The predicted molar refractivity (Wildman–Crippen MR) is 114 cm³/mol. The van der Waals surface area contributed by atoms with Gasteiger partial charge in [-0.3, -0.25) is 4.79 Å². The number of carbonyl (C=O) groups excluding carboxylic acids is 1. The molecule has 0 saturated heterocycles. The van der Waals surface area contributed by atoms with E-state index in [9.17, 15) is 9.18 Å². The van der Waals surface area contributed by atoms with Crippen LogP contribution in [0, 0.1) is 5.82 Å².